The van der Waals surface area contributed by atoms with Crippen molar-refractivity contribution >= 4 is 11.9 Å². The monoisotopic (exact) mass is 328 g/mol. The molecule has 0 bridgehead atoms. The van der Waals surface area contributed by atoms with Crippen LogP contribution in [0.5, 0.6) is 0 Å². The first-order chi connectivity index (χ1) is 11.7. The maximum absolute atomic E-state index is 12.4. The molecule has 1 N–H and O–H groups in total. The Morgan fingerprint density at radius 2 is 2.08 bits per heavy atom. The molecule has 1 saturated heterocycles. The van der Waals surface area contributed by atoms with E-state index in [1.54, 1.807) is 18.6 Å². The summed E-state index contributed by atoms with van der Waals surface area (Å²) in [5.41, 5.74) is 1.28. The molecule has 3 heterocycles. The van der Waals surface area contributed by atoms with Crippen molar-refractivity contribution in [1.82, 2.24) is 24.8 Å². The molecule has 0 spiro atoms. The molecular weight excluding hydrogens is 304 g/mol. The van der Waals surface area contributed by atoms with Gasteiger partial charge < -0.3 is 14.8 Å². The van der Waals surface area contributed by atoms with Crippen LogP contribution in [-0.2, 0) is 6.54 Å². The number of imidazole rings is 1. The summed E-state index contributed by atoms with van der Waals surface area (Å²) in [6.45, 7) is 5.29. The van der Waals surface area contributed by atoms with Crippen LogP contribution in [0.3, 0.4) is 0 Å². The second-order valence-corrected chi connectivity index (χ2v) is 6.15. The zero-order chi connectivity index (χ0) is 16.8. The summed E-state index contributed by atoms with van der Waals surface area (Å²) >= 11 is 0. The number of amides is 1. The molecule has 1 aliphatic rings. The topological polar surface area (TPSA) is 75.9 Å². The third-order valence-electron chi connectivity index (χ3n) is 4.15. The van der Waals surface area contributed by atoms with Gasteiger partial charge in [0.05, 0.1) is 6.33 Å². The number of anilines is 1. The van der Waals surface area contributed by atoms with Crippen molar-refractivity contribution in [2.75, 3.05) is 24.5 Å². The zero-order valence-corrected chi connectivity index (χ0v) is 14.1. The summed E-state index contributed by atoms with van der Waals surface area (Å²) in [7, 11) is 0. The number of carbonyl (C=O) groups is 1. The second kappa shape index (κ2) is 7.90. The van der Waals surface area contributed by atoms with E-state index in [2.05, 4.69) is 25.2 Å². The van der Waals surface area contributed by atoms with E-state index in [9.17, 15) is 4.79 Å². The van der Waals surface area contributed by atoms with Gasteiger partial charge in [0.2, 0.25) is 5.95 Å². The maximum Gasteiger partial charge on any atom is 0.270 e. The van der Waals surface area contributed by atoms with Crippen LogP contribution in [0.4, 0.5) is 5.95 Å². The van der Waals surface area contributed by atoms with Gasteiger partial charge in [0.1, 0.15) is 5.69 Å². The smallest absolute Gasteiger partial charge is 0.270 e. The Labute approximate surface area is 142 Å². The summed E-state index contributed by atoms with van der Waals surface area (Å²) in [4.78, 5) is 27.5. The fraction of sp³-hybridized carbons (Fsp3) is 0.529. The number of aryl methyl sites for hydroxylation is 2. The lowest BCUT2D eigenvalue weighted by atomic mass is 10.1. The van der Waals surface area contributed by atoms with Gasteiger partial charge in [-0.25, -0.2) is 15.0 Å². The third-order valence-corrected chi connectivity index (χ3v) is 4.15. The van der Waals surface area contributed by atoms with Crippen LogP contribution in [0.15, 0.2) is 24.8 Å². The van der Waals surface area contributed by atoms with E-state index in [-0.39, 0.29) is 5.91 Å². The molecule has 128 valence electrons. The maximum atomic E-state index is 12.4. The number of nitrogens with one attached hydrogen (secondary N) is 1. The fourth-order valence-corrected chi connectivity index (χ4v) is 2.88. The molecule has 0 aromatic carbocycles. The standard InChI is InChI=1S/C17H24N6O/c1-14-12-15(21-17(20-14)23-9-3-2-4-10-23)16(24)19-6-5-8-22-11-7-18-13-22/h7,11-13H,2-6,8-10H2,1H3,(H,19,24). The molecular formula is C17H24N6O. The molecule has 0 aliphatic carbocycles. The van der Waals surface area contributed by atoms with Gasteiger partial charge >= 0.3 is 0 Å². The summed E-state index contributed by atoms with van der Waals surface area (Å²) in [6.07, 6.45) is 9.88. The van der Waals surface area contributed by atoms with E-state index in [1.165, 1.54) is 6.42 Å². The number of rotatable bonds is 6. The van der Waals surface area contributed by atoms with Crippen molar-refractivity contribution in [3.05, 3.63) is 36.2 Å². The summed E-state index contributed by atoms with van der Waals surface area (Å²) in [5, 5.41) is 2.94. The number of piperidine rings is 1. The Balaban J connectivity index is 1.56. The zero-order valence-electron chi connectivity index (χ0n) is 14.1. The molecule has 7 heteroatoms. The van der Waals surface area contributed by atoms with Crippen LogP contribution >= 0.6 is 0 Å². The van der Waals surface area contributed by atoms with Crippen molar-refractivity contribution in [1.29, 1.82) is 0 Å². The van der Waals surface area contributed by atoms with Gasteiger partial charge in [-0.2, -0.15) is 0 Å². The predicted octanol–water partition coefficient (Wildman–Crippen LogP) is 1.79. The number of hydrogen-bond acceptors (Lipinski definition) is 5. The molecule has 24 heavy (non-hydrogen) atoms. The quantitative estimate of drug-likeness (QED) is 0.818. The second-order valence-electron chi connectivity index (χ2n) is 6.15. The fourth-order valence-electron chi connectivity index (χ4n) is 2.88. The lowest BCUT2D eigenvalue weighted by molar-refractivity contribution is 0.0947. The van der Waals surface area contributed by atoms with Crippen LogP contribution in [0, 0.1) is 6.92 Å². The highest BCUT2D eigenvalue weighted by Gasteiger charge is 2.16. The third kappa shape index (κ3) is 4.31. The average molecular weight is 328 g/mol. The van der Waals surface area contributed by atoms with E-state index in [4.69, 9.17) is 0 Å². The molecule has 0 unspecified atom stereocenters. The van der Waals surface area contributed by atoms with Gasteiger partial charge in [-0.05, 0) is 38.7 Å². The Morgan fingerprint density at radius 3 is 2.83 bits per heavy atom. The van der Waals surface area contributed by atoms with Crippen LogP contribution in [0.2, 0.25) is 0 Å². The summed E-state index contributed by atoms with van der Waals surface area (Å²) in [6, 6.07) is 1.75. The Bertz CT molecular complexity index is 664. The van der Waals surface area contributed by atoms with Crippen LogP contribution < -0.4 is 10.2 Å². The van der Waals surface area contributed by atoms with Gasteiger partial charge in [-0.1, -0.05) is 0 Å². The Morgan fingerprint density at radius 1 is 1.25 bits per heavy atom. The highest BCUT2D eigenvalue weighted by Crippen LogP contribution is 2.16. The Kier molecular flexibility index (Phi) is 5.40. The molecule has 1 amide bonds. The number of nitrogens with zero attached hydrogens (tertiary/aromatic N) is 5. The van der Waals surface area contributed by atoms with Crippen LogP contribution in [0.1, 0.15) is 41.9 Å². The van der Waals surface area contributed by atoms with E-state index in [0.717, 1.165) is 44.6 Å². The van der Waals surface area contributed by atoms with Gasteiger partial charge in [0.15, 0.2) is 0 Å². The lowest BCUT2D eigenvalue weighted by Gasteiger charge is -2.27. The minimum atomic E-state index is -0.135. The number of aromatic nitrogens is 4. The predicted molar refractivity (Wildman–Crippen MR) is 92.0 cm³/mol. The van der Waals surface area contributed by atoms with Crippen molar-refractivity contribution in [3.8, 4) is 0 Å². The van der Waals surface area contributed by atoms with Crippen molar-refractivity contribution < 1.29 is 4.79 Å². The first kappa shape index (κ1) is 16.4. The van der Waals surface area contributed by atoms with E-state index < -0.39 is 0 Å². The summed E-state index contributed by atoms with van der Waals surface area (Å²) < 4.78 is 2.00. The first-order valence-electron chi connectivity index (χ1n) is 8.57. The molecule has 1 fully saturated rings. The highest BCUT2D eigenvalue weighted by molar-refractivity contribution is 5.92. The van der Waals surface area contributed by atoms with Gasteiger partial charge in [-0.3, -0.25) is 4.79 Å². The summed E-state index contributed by atoms with van der Waals surface area (Å²) in [5.74, 6) is 0.544. The molecule has 2 aromatic heterocycles. The lowest BCUT2D eigenvalue weighted by Crippen LogP contribution is -2.32. The van der Waals surface area contributed by atoms with Crippen LogP contribution in [-0.4, -0.2) is 45.1 Å². The molecule has 0 atom stereocenters. The van der Waals surface area contributed by atoms with Gasteiger partial charge in [0.25, 0.3) is 5.91 Å². The molecule has 1 aliphatic heterocycles. The number of hydrogen-bond donors (Lipinski definition) is 1. The van der Waals surface area contributed by atoms with Gasteiger partial charge in [0, 0.05) is 44.3 Å². The minimum absolute atomic E-state index is 0.135. The van der Waals surface area contributed by atoms with Gasteiger partial charge in [-0.15, -0.1) is 0 Å². The highest BCUT2D eigenvalue weighted by atomic mass is 16.1. The molecule has 2 aromatic rings. The molecule has 0 saturated carbocycles. The normalized spacial score (nSPS) is 14.6. The molecule has 3 rings (SSSR count). The van der Waals surface area contributed by atoms with Crippen LogP contribution in [0.25, 0.3) is 0 Å². The van der Waals surface area contributed by atoms with Crippen molar-refractivity contribution in [2.45, 2.75) is 39.2 Å². The number of carbonyl (C=O) groups excluding carboxylic acids is 1. The van der Waals surface area contributed by atoms with Crippen molar-refractivity contribution in [3.63, 3.8) is 0 Å². The Hall–Kier alpha value is -2.44. The van der Waals surface area contributed by atoms with E-state index in [0.29, 0.717) is 18.2 Å². The minimum Gasteiger partial charge on any atom is -0.351 e. The molecule has 0 radical (unpaired) electrons. The van der Waals surface area contributed by atoms with Crippen molar-refractivity contribution in [2.24, 2.45) is 0 Å². The molecule has 7 nitrogen and oxygen atoms in total. The largest absolute Gasteiger partial charge is 0.351 e. The first-order valence-corrected chi connectivity index (χ1v) is 8.57. The van der Waals surface area contributed by atoms with E-state index >= 15 is 0 Å². The SMILES string of the molecule is Cc1cc(C(=O)NCCCn2ccnc2)nc(N2CCCCC2)n1. The average Bonchev–Trinajstić information content (AvgIpc) is 3.12. The van der Waals surface area contributed by atoms with E-state index in [1.807, 2.05) is 17.7 Å².